The summed E-state index contributed by atoms with van der Waals surface area (Å²) in [5.74, 6) is 2.35. The lowest BCUT2D eigenvalue weighted by atomic mass is 10.1. The van der Waals surface area contributed by atoms with Crippen molar-refractivity contribution in [1.82, 2.24) is 10.2 Å². The highest BCUT2D eigenvalue weighted by atomic mass is 32.2. The average molecular weight is 469 g/mol. The van der Waals surface area contributed by atoms with E-state index in [0.717, 1.165) is 48.5 Å². The number of thioether (sulfide) groups is 1. The van der Waals surface area contributed by atoms with Gasteiger partial charge in [-0.15, -0.1) is 0 Å². The van der Waals surface area contributed by atoms with Gasteiger partial charge >= 0.3 is 0 Å². The third-order valence-electron chi connectivity index (χ3n) is 6.15. The summed E-state index contributed by atoms with van der Waals surface area (Å²) in [6.45, 7) is 2.38. The van der Waals surface area contributed by atoms with Gasteiger partial charge in [-0.3, -0.25) is 9.59 Å². The normalized spacial score (nSPS) is 14.6. The van der Waals surface area contributed by atoms with E-state index in [2.05, 4.69) is 17.4 Å². The third-order valence-corrected chi connectivity index (χ3v) is 7.18. The minimum absolute atomic E-state index is 0.0202. The molecule has 1 saturated carbocycles. The number of hydrogen-bond donors (Lipinski definition) is 1. The fourth-order valence-corrected chi connectivity index (χ4v) is 5.21. The van der Waals surface area contributed by atoms with Crippen LogP contribution in [0.15, 0.2) is 54.6 Å². The Hall–Kier alpha value is -2.47. The van der Waals surface area contributed by atoms with E-state index < -0.39 is 6.04 Å². The minimum atomic E-state index is -0.469. The van der Waals surface area contributed by atoms with Crippen molar-refractivity contribution in [3.8, 4) is 5.75 Å². The highest BCUT2D eigenvalue weighted by Crippen LogP contribution is 2.21. The zero-order valence-corrected chi connectivity index (χ0v) is 20.6. The van der Waals surface area contributed by atoms with Crippen molar-refractivity contribution >= 4 is 23.6 Å². The van der Waals surface area contributed by atoms with Crippen molar-refractivity contribution in [2.75, 3.05) is 12.9 Å². The van der Waals surface area contributed by atoms with Gasteiger partial charge in [0.1, 0.15) is 11.8 Å². The molecule has 0 radical (unpaired) electrons. The number of hydrogen-bond acceptors (Lipinski definition) is 4. The number of carbonyl (C=O) groups is 2. The first kappa shape index (κ1) is 25.2. The Morgan fingerprint density at radius 3 is 2.52 bits per heavy atom. The number of rotatable bonds is 12. The molecule has 0 aromatic heterocycles. The second-order valence-electron chi connectivity index (χ2n) is 8.58. The smallest absolute Gasteiger partial charge is 0.243 e. The van der Waals surface area contributed by atoms with Gasteiger partial charge in [0, 0.05) is 30.5 Å². The molecule has 2 aromatic rings. The van der Waals surface area contributed by atoms with E-state index in [9.17, 15) is 9.59 Å². The van der Waals surface area contributed by atoms with Gasteiger partial charge in [0.25, 0.3) is 0 Å². The van der Waals surface area contributed by atoms with Crippen molar-refractivity contribution in [3.63, 3.8) is 0 Å². The van der Waals surface area contributed by atoms with E-state index in [1.165, 1.54) is 5.56 Å². The predicted molar refractivity (Wildman–Crippen MR) is 135 cm³/mol. The van der Waals surface area contributed by atoms with E-state index in [-0.39, 0.29) is 17.9 Å². The summed E-state index contributed by atoms with van der Waals surface area (Å²) in [7, 11) is 1.63. The highest BCUT2D eigenvalue weighted by Gasteiger charge is 2.30. The molecule has 0 spiro atoms. The molecule has 3 rings (SSSR count). The van der Waals surface area contributed by atoms with Crippen LogP contribution in [-0.4, -0.2) is 41.7 Å². The van der Waals surface area contributed by atoms with E-state index in [4.69, 9.17) is 4.74 Å². The van der Waals surface area contributed by atoms with Crippen LogP contribution in [0.5, 0.6) is 5.75 Å². The Morgan fingerprint density at radius 1 is 1.09 bits per heavy atom. The summed E-state index contributed by atoms with van der Waals surface area (Å²) in [5, 5.41) is 3.20. The Bertz CT molecular complexity index is 884. The van der Waals surface area contributed by atoms with Gasteiger partial charge in [0.2, 0.25) is 11.8 Å². The summed E-state index contributed by atoms with van der Waals surface area (Å²) in [6.07, 6.45) is 5.38. The third kappa shape index (κ3) is 7.81. The predicted octanol–water partition coefficient (Wildman–Crippen LogP) is 5.18. The molecular weight excluding hydrogens is 432 g/mol. The molecule has 178 valence electrons. The van der Waals surface area contributed by atoms with Crippen LogP contribution >= 0.6 is 11.8 Å². The van der Waals surface area contributed by atoms with Crippen LogP contribution in [0.25, 0.3) is 0 Å². The fraction of sp³-hybridized carbons (Fsp3) is 0.481. The number of nitrogens with one attached hydrogen (secondary N) is 1. The molecule has 0 saturated heterocycles. The number of amides is 2. The van der Waals surface area contributed by atoms with Crippen LogP contribution in [-0.2, 0) is 21.9 Å². The summed E-state index contributed by atoms with van der Waals surface area (Å²) in [5.41, 5.74) is 2.22. The van der Waals surface area contributed by atoms with Gasteiger partial charge in [-0.25, -0.2) is 0 Å². The topological polar surface area (TPSA) is 58.6 Å². The van der Waals surface area contributed by atoms with Crippen LogP contribution in [0.4, 0.5) is 0 Å². The summed E-state index contributed by atoms with van der Waals surface area (Å²) < 4.78 is 5.36. The number of benzene rings is 2. The highest BCUT2D eigenvalue weighted by molar-refractivity contribution is 7.98. The van der Waals surface area contributed by atoms with Gasteiger partial charge in [0.15, 0.2) is 0 Å². The second kappa shape index (κ2) is 13.3. The lowest BCUT2D eigenvalue weighted by Gasteiger charge is -2.31. The Balaban J connectivity index is 1.67. The molecule has 33 heavy (non-hydrogen) atoms. The van der Waals surface area contributed by atoms with E-state index in [1.807, 2.05) is 49.4 Å². The van der Waals surface area contributed by atoms with Crippen LogP contribution < -0.4 is 10.1 Å². The molecule has 0 unspecified atom stereocenters. The SMILES string of the molecule is CC[C@H](C(=O)NC1CCCC1)N(Cc1cccc(OC)c1)C(=O)CCSCc1ccccc1. The van der Waals surface area contributed by atoms with Crippen LogP contribution in [0.3, 0.4) is 0 Å². The number of ether oxygens (including phenoxy) is 1. The van der Waals surface area contributed by atoms with Gasteiger partial charge < -0.3 is 15.0 Å². The van der Waals surface area contributed by atoms with Crippen molar-refractivity contribution in [1.29, 1.82) is 0 Å². The second-order valence-corrected chi connectivity index (χ2v) is 9.68. The van der Waals surface area contributed by atoms with Crippen molar-refractivity contribution < 1.29 is 14.3 Å². The monoisotopic (exact) mass is 468 g/mol. The molecule has 1 aliphatic rings. The zero-order valence-electron chi connectivity index (χ0n) is 19.8. The first-order valence-corrected chi connectivity index (χ1v) is 13.1. The van der Waals surface area contributed by atoms with Crippen molar-refractivity contribution in [3.05, 3.63) is 65.7 Å². The minimum Gasteiger partial charge on any atom is -0.497 e. The molecule has 2 aromatic carbocycles. The molecule has 5 nitrogen and oxygen atoms in total. The molecule has 2 amide bonds. The number of carbonyl (C=O) groups excluding carboxylic acids is 2. The number of methoxy groups -OCH3 is 1. The van der Waals surface area contributed by atoms with Crippen molar-refractivity contribution in [2.24, 2.45) is 0 Å². The van der Waals surface area contributed by atoms with Crippen LogP contribution in [0.1, 0.15) is 56.6 Å². The van der Waals surface area contributed by atoms with E-state index in [0.29, 0.717) is 19.4 Å². The molecule has 0 aliphatic heterocycles. The molecular formula is C27H36N2O3S. The van der Waals surface area contributed by atoms with E-state index >= 15 is 0 Å². The van der Waals surface area contributed by atoms with Crippen LogP contribution in [0, 0.1) is 0 Å². The molecule has 0 heterocycles. The lowest BCUT2D eigenvalue weighted by molar-refractivity contribution is -0.141. The van der Waals surface area contributed by atoms with Gasteiger partial charge in [-0.2, -0.15) is 11.8 Å². The maximum absolute atomic E-state index is 13.4. The molecule has 1 aliphatic carbocycles. The van der Waals surface area contributed by atoms with Gasteiger partial charge in [-0.1, -0.05) is 62.2 Å². The Morgan fingerprint density at radius 2 is 1.82 bits per heavy atom. The maximum atomic E-state index is 13.4. The largest absolute Gasteiger partial charge is 0.497 e. The zero-order chi connectivity index (χ0) is 23.5. The Labute approximate surface area is 202 Å². The molecule has 0 bridgehead atoms. The molecule has 1 N–H and O–H groups in total. The van der Waals surface area contributed by atoms with Crippen LogP contribution in [0.2, 0.25) is 0 Å². The molecule has 1 atom stereocenters. The Kier molecular flexibility index (Phi) is 10.1. The standard InChI is InChI=1S/C27H36N2O3S/c1-3-25(27(31)28-23-13-7-8-14-23)29(19-22-12-9-15-24(18-22)32-2)26(30)16-17-33-20-21-10-5-4-6-11-21/h4-6,9-12,15,18,23,25H,3,7-8,13-14,16-17,19-20H2,1-2H3,(H,28,31)/t25-/m1/s1. The first-order chi connectivity index (χ1) is 16.1. The maximum Gasteiger partial charge on any atom is 0.243 e. The fourth-order valence-electron chi connectivity index (χ4n) is 4.32. The van der Waals surface area contributed by atoms with Crippen molar-refractivity contribution in [2.45, 2.75) is 69.8 Å². The van der Waals surface area contributed by atoms with E-state index in [1.54, 1.807) is 23.8 Å². The summed E-state index contributed by atoms with van der Waals surface area (Å²) in [6, 6.07) is 17.8. The molecule has 1 fully saturated rings. The number of nitrogens with zero attached hydrogens (tertiary/aromatic N) is 1. The molecule has 6 heteroatoms. The quantitative estimate of drug-likeness (QED) is 0.436. The van der Waals surface area contributed by atoms with Gasteiger partial charge in [0.05, 0.1) is 7.11 Å². The average Bonchev–Trinajstić information content (AvgIpc) is 3.35. The summed E-state index contributed by atoms with van der Waals surface area (Å²) in [4.78, 5) is 28.3. The lowest BCUT2D eigenvalue weighted by Crippen LogP contribution is -2.51. The summed E-state index contributed by atoms with van der Waals surface area (Å²) >= 11 is 1.75. The van der Waals surface area contributed by atoms with Gasteiger partial charge in [-0.05, 0) is 42.5 Å². The first-order valence-electron chi connectivity index (χ1n) is 11.9.